The van der Waals surface area contributed by atoms with Gasteiger partial charge in [0.2, 0.25) is 5.91 Å². The highest BCUT2D eigenvalue weighted by molar-refractivity contribution is 9.10. The molecule has 0 aliphatic carbocycles. The van der Waals surface area contributed by atoms with Gasteiger partial charge >= 0.3 is 6.09 Å². The summed E-state index contributed by atoms with van der Waals surface area (Å²) in [6, 6.07) is 4.66. The van der Waals surface area contributed by atoms with Gasteiger partial charge in [-0.1, -0.05) is 34.4 Å². The number of carbonyl (C=O) groups is 2. The maximum absolute atomic E-state index is 12.6. The van der Waals surface area contributed by atoms with Crippen LogP contribution in [-0.4, -0.2) is 28.8 Å². The van der Waals surface area contributed by atoms with E-state index in [4.69, 9.17) is 9.26 Å². The molecule has 1 aromatic carbocycles. The average molecular weight is 412 g/mol. The third-order valence-corrected chi connectivity index (χ3v) is 3.75. The van der Waals surface area contributed by atoms with Crippen molar-refractivity contribution in [2.24, 2.45) is 0 Å². The van der Waals surface area contributed by atoms with Gasteiger partial charge in [-0.25, -0.2) is 4.79 Å². The van der Waals surface area contributed by atoms with Gasteiger partial charge in [-0.3, -0.25) is 4.79 Å². The van der Waals surface area contributed by atoms with Crippen LogP contribution in [0.4, 0.5) is 10.6 Å². The molecule has 25 heavy (non-hydrogen) atoms. The normalized spacial score (nSPS) is 12.7. The van der Waals surface area contributed by atoms with Gasteiger partial charge in [-0.2, -0.15) is 0 Å². The van der Waals surface area contributed by atoms with E-state index in [1.807, 2.05) is 13.0 Å². The fraction of sp³-hybridized carbons (Fsp3) is 0.471. The Morgan fingerprint density at radius 3 is 2.72 bits per heavy atom. The van der Waals surface area contributed by atoms with E-state index in [2.05, 4.69) is 31.7 Å². The molecule has 0 saturated carbocycles. The number of anilines is 1. The lowest BCUT2D eigenvalue weighted by atomic mass is 10.1. The van der Waals surface area contributed by atoms with Crippen molar-refractivity contribution in [3.8, 4) is 0 Å². The maximum atomic E-state index is 12.6. The van der Waals surface area contributed by atoms with Crippen molar-refractivity contribution in [1.29, 1.82) is 0 Å². The average Bonchev–Trinajstić information content (AvgIpc) is 2.87. The van der Waals surface area contributed by atoms with Crippen LogP contribution >= 0.6 is 15.9 Å². The molecule has 1 atom stereocenters. The number of nitrogens with zero attached hydrogens (tertiary/aromatic N) is 1. The Morgan fingerprint density at radius 2 is 2.08 bits per heavy atom. The van der Waals surface area contributed by atoms with Crippen molar-refractivity contribution in [2.45, 2.75) is 52.2 Å². The molecule has 136 valence electrons. The lowest BCUT2D eigenvalue weighted by Gasteiger charge is -2.22. The first-order chi connectivity index (χ1) is 11.7. The fourth-order valence-corrected chi connectivity index (χ4v) is 2.57. The van der Waals surface area contributed by atoms with Gasteiger partial charge in [0.1, 0.15) is 11.6 Å². The molecule has 7 nitrogen and oxygen atoms in total. The second-order valence-corrected chi connectivity index (χ2v) is 7.56. The summed E-state index contributed by atoms with van der Waals surface area (Å²) in [6.07, 6.45) is 0.567. The molecular weight excluding hydrogens is 390 g/mol. The van der Waals surface area contributed by atoms with E-state index in [1.165, 1.54) is 0 Å². The number of nitrogens with one attached hydrogen (secondary N) is 2. The van der Waals surface area contributed by atoms with Crippen molar-refractivity contribution in [1.82, 2.24) is 10.5 Å². The maximum Gasteiger partial charge on any atom is 0.408 e. The number of halogens is 1. The Hall–Kier alpha value is -2.09. The monoisotopic (exact) mass is 411 g/mol. The van der Waals surface area contributed by atoms with Gasteiger partial charge in [0, 0.05) is 4.47 Å². The molecule has 0 saturated heterocycles. The Bertz CT molecular complexity index is 767. The van der Waals surface area contributed by atoms with Crippen molar-refractivity contribution in [2.75, 3.05) is 5.32 Å². The molecule has 0 spiro atoms. The van der Waals surface area contributed by atoms with Crippen LogP contribution in [0.5, 0.6) is 0 Å². The van der Waals surface area contributed by atoms with E-state index in [0.29, 0.717) is 23.2 Å². The number of alkyl carbamates (subject to hydrolysis) is 1. The molecule has 0 bridgehead atoms. The summed E-state index contributed by atoms with van der Waals surface area (Å²) in [4.78, 5) is 24.5. The highest BCUT2D eigenvalue weighted by Gasteiger charge is 2.25. The lowest BCUT2D eigenvalue weighted by molar-refractivity contribution is -0.118. The van der Waals surface area contributed by atoms with E-state index in [1.54, 1.807) is 32.9 Å². The molecule has 0 aliphatic rings. The van der Waals surface area contributed by atoms with Gasteiger partial charge in [0.05, 0.1) is 5.39 Å². The first-order valence-corrected chi connectivity index (χ1v) is 8.84. The smallest absolute Gasteiger partial charge is 0.408 e. The highest BCUT2D eigenvalue weighted by Crippen LogP contribution is 2.26. The molecule has 0 aliphatic heterocycles. The van der Waals surface area contributed by atoms with Crippen LogP contribution < -0.4 is 10.6 Å². The van der Waals surface area contributed by atoms with Gasteiger partial charge in [0.15, 0.2) is 11.4 Å². The molecule has 2 rings (SSSR count). The second-order valence-electron chi connectivity index (χ2n) is 6.65. The summed E-state index contributed by atoms with van der Waals surface area (Å²) in [5.74, 6) is -0.0590. The van der Waals surface area contributed by atoms with Gasteiger partial charge in [-0.15, -0.1) is 0 Å². The molecule has 1 heterocycles. The summed E-state index contributed by atoms with van der Waals surface area (Å²) in [7, 11) is 0. The molecule has 2 aromatic rings. The SMILES string of the molecule is CCC[C@H](NC(=O)OC(C)(C)C)C(=O)Nc1noc2ccc(Br)cc12. The predicted molar refractivity (Wildman–Crippen MR) is 98.4 cm³/mol. The van der Waals surface area contributed by atoms with Crippen LogP contribution in [0, 0.1) is 0 Å². The van der Waals surface area contributed by atoms with Gasteiger partial charge in [0.25, 0.3) is 0 Å². The van der Waals surface area contributed by atoms with Crippen LogP contribution in [0.3, 0.4) is 0 Å². The number of hydrogen-bond donors (Lipinski definition) is 2. The molecule has 0 radical (unpaired) electrons. The molecule has 1 aromatic heterocycles. The number of rotatable bonds is 5. The standard InChI is InChI=1S/C17H22BrN3O4/c1-5-6-12(19-16(23)24-17(2,3)4)15(22)20-14-11-9-10(18)7-8-13(11)25-21-14/h7-9,12H,5-6H2,1-4H3,(H,19,23)(H,20,21,22)/t12-/m0/s1. The third kappa shape index (κ3) is 5.45. The van der Waals surface area contributed by atoms with Gasteiger partial charge < -0.3 is 19.9 Å². The summed E-state index contributed by atoms with van der Waals surface area (Å²) >= 11 is 3.38. The molecule has 2 amide bonds. The van der Waals surface area contributed by atoms with Crippen molar-refractivity contribution in [3.05, 3.63) is 22.7 Å². The number of aromatic nitrogens is 1. The van der Waals surface area contributed by atoms with Crippen molar-refractivity contribution >= 4 is 44.7 Å². The zero-order valence-corrected chi connectivity index (χ0v) is 16.3. The largest absolute Gasteiger partial charge is 0.444 e. The minimum Gasteiger partial charge on any atom is -0.444 e. The zero-order valence-electron chi connectivity index (χ0n) is 14.7. The van der Waals surface area contributed by atoms with Crippen molar-refractivity contribution in [3.63, 3.8) is 0 Å². The number of benzene rings is 1. The zero-order chi connectivity index (χ0) is 18.6. The predicted octanol–water partition coefficient (Wildman–Crippen LogP) is 4.22. The molecule has 2 N–H and O–H groups in total. The fourth-order valence-electron chi connectivity index (χ4n) is 2.21. The molecular formula is C17H22BrN3O4. The van der Waals surface area contributed by atoms with E-state index in [-0.39, 0.29) is 5.91 Å². The summed E-state index contributed by atoms with van der Waals surface area (Å²) in [6.45, 7) is 7.22. The Balaban J connectivity index is 2.11. The Morgan fingerprint density at radius 1 is 1.36 bits per heavy atom. The van der Waals surface area contributed by atoms with E-state index < -0.39 is 17.7 Å². The first kappa shape index (κ1) is 19.2. The number of hydrogen-bond acceptors (Lipinski definition) is 5. The quantitative estimate of drug-likeness (QED) is 0.767. The van der Waals surface area contributed by atoms with Crippen LogP contribution in [0.1, 0.15) is 40.5 Å². The lowest BCUT2D eigenvalue weighted by Crippen LogP contribution is -2.45. The number of ether oxygens (including phenoxy) is 1. The van der Waals surface area contributed by atoms with Gasteiger partial charge in [-0.05, 0) is 45.4 Å². The minimum absolute atomic E-state index is 0.313. The first-order valence-electron chi connectivity index (χ1n) is 8.05. The summed E-state index contributed by atoms with van der Waals surface area (Å²) in [5, 5.41) is 9.88. The Kier molecular flexibility index (Phi) is 6.05. The second kappa shape index (κ2) is 7.86. The minimum atomic E-state index is -0.723. The number of fused-ring (bicyclic) bond motifs is 1. The number of carbonyl (C=O) groups excluding carboxylic acids is 2. The highest BCUT2D eigenvalue weighted by atomic mass is 79.9. The van der Waals surface area contributed by atoms with Crippen LogP contribution in [0.15, 0.2) is 27.2 Å². The van der Waals surface area contributed by atoms with Crippen LogP contribution in [-0.2, 0) is 9.53 Å². The van der Waals surface area contributed by atoms with E-state index in [0.717, 1.165) is 10.9 Å². The summed E-state index contributed by atoms with van der Waals surface area (Å²) < 4.78 is 11.3. The topological polar surface area (TPSA) is 93.5 Å². The van der Waals surface area contributed by atoms with Crippen LogP contribution in [0.2, 0.25) is 0 Å². The van der Waals surface area contributed by atoms with Crippen LogP contribution in [0.25, 0.3) is 11.0 Å². The van der Waals surface area contributed by atoms with E-state index in [9.17, 15) is 9.59 Å². The molecule has 0 unspecified atom stereocenters. The van der Waals surface area contributed by atoms with E-state index >= 15 is 0 Å². The summed E-state index contributed by atoms with van der Waals surface area (Å²) in [5.41, 5.74) is -0.0722. The molecule has 8 heteroatoms. The molecule has 0 fully saturated rings. The Labute approximate surface area is 154 Å². The number of amides is 2. The third-order valence-electron chi connectivity index (χ3n) is 3.26. The van der Waals surface area contributed by atoms with Crippen molar-refractivity contribution < 1.29 is 18.8 Å².